The first-order valence-corrected chi connectivity index (χ1v) is 12.7. The summed E-state index contributed by atoms with van der Waals surface area (Å²) < 4.78 is 4.01. The number of rotatable bonds is 1. The standard InChI is InChI=1S/C29H25NS2/c1-16-17(2)31-23-10-11-24-26(25(16)23)21-12-13-30-27(28(21)32-24)19-14-18-8-6-7-9-20(18)22(15-19)29(3,4)5/h6-15H,1-5H3. The lowest BCUT2D eigenvalue weighted by Gasteiger charge is -2.22. The maximum Gasteiger partial charge on any atom is 0.0880 e. The van der Waals surface area contributed by atoms with Gasteiger partial charge in [0.15, 0.2) is 0 Å². The number of pyridine rings is 1. The molecule has 6 rings (SSSR count). The number of hydrogen-bond acceptors (Lipinski definition) is 3. The Morgan fingerprint density at radius 2 is 1.53 bits per heavy atom. The number of benzene rings is 3. The maximum atomic E-state index is 4.92. The van der Waals surface area contributed by atoms with Crippen LogP contribution in [0.2, 0.25) is 0 Å². The van der Waals surface area contributed by atoms with Gasteiger partial charge in [-0.25, -0.2) is 0 Å². The van der Waals surface area contributed by atoms with Crippen molar-refractivity contribution >= 4 is 63.7 Å². The van der Waals surface area contributed by atoms with E-state index in [2.05, 4.69) is 89.2 Å². The van der Waals surface area contributed by atoms with Crippen LogP contribution in [0.4, 0.5) is 0 Å². The van der Waals surface area contributed by atoms with E-state index < -0.39 is 0 Å². The van der Waals surface area contributed by atoms with Gasteiger partial charge in [-0.2, -0.15) is 0 Å². The van der Waals surface area contributed by atoms with Gasteiger partial charge in [0.25, 0.3) is 0 Å². The van der Waals surface area contributed by atoms with Gasteiger partial charge in [-0.15, -0.1) is 22.7 Å². The quantitative estimate of drug-likeness (QED) is 0.243. The van der Waals surface area contributed by atoms with Crippen molar-refractivity contribution in [2.45, 2.75) is 40.0 Å². The summed E-state index contributed by atoms with van der Waals surface area (Å²) in [7, 11) is 0. The summed E-state index contributed by atoms with van der Waals surface area (Å²) in [5, 5.41) is 6.75. The number of aromatic nitrogens is 1. The van der Waals surface area contributed by atoms with E-state index in [1.165, 1.54) is 62.6 Å². The molecule has 0 saturated heterocycles. The van der Waals surface area contributed by atoms with Crippen molar-refractivity contribution < 1.29 is 0 Å². The summed E-state index contributed by atoms with van der Waals surface area (Å²) in [4.78, 5) is 6.33. The van der Waals surface area contributed by atoms with E-state index in [1.54, 1.807) is 0 Å². The van der Waals surface area contributed by atoms with Crippen molar-refractivity contribution in [2.75, 3.05) is 0 Å². The zero-order chi connectivity index (χ0) is 22.2. The average Bonchev–Trinajstić information content (AvgIpc) is 3.29. The molecule has 6 aromatic rings. The molecule has 3 heteroatoms. The average molecular weight is 452 g/mol. The minimum absolute atomic E-state index is 0.0567. The molecule has 3 aromatic carbocycles. The predicted molar refractivity (Wildman–Crippen MR) is 144 cm³/mol. The van der Waals surface area contributed by atoms with Crippen LogP contribution in [0.3, 0.4) is 0 Å². The SMILES string of the molecule is Cc1sc2ccc3sc4c(-c5cc(C(C)(C)C)c6ccccc6c5)nccc4c3c2c1C. The van der Waals surface area contributed by atoms with Crippen LogP contribution in [0.25, 0.3) is 52.3 Å². The normalized spacial score (nSPS) is 12.5. The van der Waals surface area contributed by atoms with Crippen LogP contribution < -0.4 is 0 Å². The zero-order valence-electron chi connectivity index (χ0n) is 19.0. The lowest BCUT2D eigenvalue weighted by molar-refractivity contribution is 0.596. The monoisotopic (exact) mass is 451 g/mol. The molecular formula is C29H25NS2. The summed E-state index contributed by atoms with van der Waals surface area (Å²) >= 11 is 3.78. The molecule has 0 atom stereocenters. The van der Waals surface area contributed by atoms with Gasteiger partial charge < -0.3 is 0 Å². The molecule has 0 amide bonds. The largest absolute Gasteiger partial charge is 0.255 e. The summed E-state index contributed by atoms with van der Waals surface area (Å²) in [5.41, 5.74) is 5.14. The van der Waals surface area contributed by atoms with Gasteiger partial charge in [0.1, 0.15) is 0 Å². The summed E-state index contributed by atoms with van der Waals surface area (Å²) in [6, 6.07) is 20.2. The second kappa shape index (κ2) is 6.87. The molecule has 0 aliphatic carbocycles. The molecule has 3 aromatic heterocycles. The third kappa shape index (κ3) is 2.84. The molecule has 3 heterocycles. The van der Waals surface area contributed by atoms with Crippen LogP contribution in [0.5, 0.6) is 0 Å². The fourth-order valence-electron chi connectivity index (χ4n) is 4.92. The number of nitrogens with zero attached hydrogens (tertiary/aromatic N) is 1. The van der Waals surface area contributed by atoms with E-state index in [9.17, 15) is 0 Å². The van der Waals surface area contributed by atoms with Crippen molar-refractivity contribution in [3.05, 3.63) is 76.8 Å². The minimum atomic E-state index is 0.0567. The molecule has 0 fully saturated rings. The van der Waals surface area contributed by atoms with Gasteiger partial charge in [0, 0.05) is 42.2 Å². The molecule has 0 bridgehead atoms. The van der Waals surface area contributed by atoms with Gasteiger partial charge in [-0.05, 0) is 71.5 Å². The van der Waals surface area contributed by atoms with Gasteiger partial charge in [-0.1, -0.05) is 45.0 Å². The fourth-order valence-corrected chi connectivity index (χ4v) is 7.22. The lowest BCUT2D eigenvalue weighted by atomic mass is 9.82. The maximum absolute atomic E-state index is 4.92. The first kappa shape index (κ1) is 19.9. The van der Waals surface area contributed by atoms with E-state index >= 15 is 0 Å². The Kier molecular flexibility index (Phi) is 4.27. The minimum Gasteiger partial charge on any atom is -0.255 e. The summed E-state index contributed by atoms with van der Waals surface area (Å²) in [6.07, 6.45) is 1.99. The Hall–Kier alpha value is -2.75. The first-order valence-electron chi connectivity index (χ1n) is 11.1. The first-order chi connectivity index (χ1) is 15.3. The highest BCUT2D eigenvalue weighted by molar-refractivity contribution is 7.27. The van der Waals surface area contributed by atoms with Gasteiger partial charge in [0.2, 0.25) is 0 Å². The molecule has 0 N–H and O–H groups in total. The van der Waals surface area contributed by atoms with Crippen LogP contribution >= 0.6 is 22.7 Å². The van der Waals surface area contributed by atoms with Gasteiger partial charge in [-0.3, -0.25) is 4.98 Å². The Bertz CT molecular complexity index is 1680. The topological polar surface area (TPSA) is 12.9 Å². The molecule has 32 heavy (non-hydrogen) atoms. The Balaban J connectivity index is 1.72. The molecule has 0 aliphatic heterocycles. The highest BCUT2D eigenvalue weighted by Crippen LogP contribution is 2.45. The Morgan fingerprint density at radius 1 is 0.781 bits per heavy atom. The smallest absolute Gasteiger partial charge is 0.0880 e. The number of fused-ring (bicyclic) bond motifs is 6. The lowest BCUT2D eigenvalue weighted by Crippen LogP contribution is -2.12. The summed E-state index contributed by atoms with van der Waals surface area (Å²) in [6.45, 7) is 11.4. The second-order valence-corrected chi connectivity index (χ2v) is 12.0. The molecule has 0 spiro atoms. The molecular weight excluding hydrogens is 426 g/mol. The van der Waals surface area contributed by atoms with Crippen molar-refractivity contribution in [1.82, 2.24) is 4.98 Å². The third-order valence-electron chi connectivity index (χ3n) is 6.62. The van der Waals surface area contributed by atoms with Crippen molar-refractivity contribution in [2.24, 2.45) is 0 Å². The van der Waals surface area contributed by atoms with E-state index in [4.69, 9.17) is 4.98 Å². The van der Waals surface area contributed by atoms with Crippen LogP contribution in [-0.4, -0.2) is 4.98 Å². The molecule has 1 nitrogen and oxygen atoms in total. The van der Waals surface area contributed by atoms with Crippen LogP contribution in [0.15, 0.2) is 60.8 Å². The van der Waals surface area contributed by atoms with E-state index in [-0.39, 0.29) is 5.41 Å². The van der Waals surface area contributed by atoms with Crippen molar-refractivity contribution in [1.29, 1.82) is 0 Å². The summed E-state index contributed by atoms with van der Waals surface area (Å²) in [5.74, 6) is 0. The van der Waals surface area contributed by atoms with Crippen molar-refractivity contribution in [3.63, 3.8) is 0 Å². The van der Waals surface area contributed by atoms with E-state index in [0.29, 0.717) is 0 Å². The zero-order valence-corrected chi connectivity index (χ0v) is 20.7. The highest BCUT2D eigenvalue weighted by atomic mass is 32.1. The van der Waals surface area contributed by atoms with E-state index in [0.717, 1.165) is 5.69 Å². The number of hydrogen-bond donors (Lipinski definition) is 0. The Morgan fingerprint density at radius 3 is 2.31 bits per heavy atom. The number of thiophene rings is 2. The van der Waals surface area contributed by atoms with Gasteiger partial charge >= 0.3 is 0 Å². The molecule has 0 unspecified atom stereocenters. The van der Waals surface area contributed by atoms with Crippen LogP contribution in [0, 0.1) is 13.8 Å². The third-order valence-corrected chi connectivity index (χ3v) is 8.97. The Labute approximate surface area is 196 Å². The molecule has 0 radical (unpaired) electrons. The second-order valence-electron chi connectivity index (χ2n) is 9.73. The van der Waals surface area contributed by atoms with Gasteiger partial charge in [0.05, 0.1) is 10.4 Å². The van der Waals surface area contributed by atoms with E-state index in [1.807, 2.05) is 28.9 Å². The molecule has 158 valence electrons. The van der Waals surface area contributed by atoms with Crippen LogP contribution in [-0.2, 0) is 5.41 Å². The fraction of sp³-hybridized carbons (Fsp3) is 0.207. The highest BCUT2D eigenvalue weighted by Gasteiger charge is 2.21. The van der Waals surface area contributed by atoms with Crippen molar-refractivity contribution in [3.8, 4) is 11.3 Å². The number of aryl methyl sites for hydroxylation is 2. The van der Waals surface area contributed by atoms with Crippen LogP contribution in [0.1, 0.15) is 36.8 Å². The molecule has 0 saturated carbocycles. The molecule has 0 aliphatic rings. The predicted octanol–water partition coefficient (Wildman–Crippen LogP) is 9.40.